The lowest BCUT2D eigenvalue weighted by Gasteiger charge is -2.34. The monoisotopic (exact) mass is 227 g/mol. The molecular weight excluding hydrogens is 210 g/mol. The molecule has 0 atom stereocenters. The molecule has 0 aromatic carbocycles. The Bertz CT molecular complexity index is 296. The molecule has 1 heterocycles. The van der Waals surface area contributed by atoms with Crippen molar-refractivity contribution in [3.05, 3.63) is 0 Å². The molecule has 1 rings (SSSR count). The molecule has 0 saturated carbocycles. The predicted molar refractivity (Wildman–Crippen MR) is 57.3 cm³/mol. The summed E-state index contributed by atoms with van der Waals surface area (Å²) >= 11 is 0. The third-order valence-corrected chi connectivity index (χ3v) is 2.66. The average Bonchev–Trinajstić information content (AvgIpc) is 2.26. The van der Waals surface area contributed by atoms with E-state index in [1.54, 1.807) is 9.80 Å². The number of hydrogen-bond acceptors (Lipinski definition) is 3. The number of piperazine rings is 1. The van der Waals surface area contributed by atoms with Gasteiger partial charge in [0.15, 0.2) is 0 Å². The quantitative estimate of drug-likeness (QED) is 0.667. The van der Waals surface area contributed by atoms with Gasteiger partial charge in [-0.05, 0) is 0 Å². The highest BCUT2D eigenvalue weighted by Crippen LogP contribution is 2.05. The molecule has 0 aromatic rings. The van der Waals surface area contributed by atoms with E-state index < -0.39 is 5.91 Å². The molecule has 6 nitrogen and oxygen atoms in total. The summed E-state index contributed by atoms with van der Waals surface area (Å²) in [6.07, 6.45) is 0.251. The van der Waals surface area contributed by atoms with E-state index in [4.69, 9.17) is 5.73 Å². The minimum absolute atomic E-state index is 0.0317. The fourth-order valence-corrected chi connectivity index (χ4v) is 1.66. The zero-order valence-electron chi connectivity index (χ0n) is 9.44. The first-order valence-electron chi connectivity index (χ1n) is 5.32. The molecule has 0 unspecified atom stereocenters. The molecule has 1 aliphatic rings. The normalized spacial score (nSPS) is 16.1. The zero-order valence-corrected chi connectivity index (χ0v) is 9.44. The number of nitrogens with zero attached hydrogens (tertiary/aromatic N) is 2. The number of carbonyl (C=O) groups excluding carboxylic acids is 3. The fraction of sp³-hybridized carbons (Fsp3) is 0.700. The molecule has 2 N–H and O–H groups in total. The predicted octanol–water partition coefficient (Wildman–Crippen LogP) is -1.06. The van der Waals surface area contributed by atoms with Crippen molar-refractivity contribution in [1.29, 1.82) is 0 Å². The average molecular weight is 227 g/mol. The molecular formula is C10H17N3O3. The Hall–Kier alpha value is -1.59. The zero-order chi connectivity index (χ0) is 12.1. The Balaban J connectivity index is 2.33. The molecule has 0 aliphatic carbocycles. The molecule has 3 amide bonds. The molecule has 1 fully saturated rings. The summed E-state index contributed by atoms with van der Waals surface area (Å²) in [6, 6.07) is 0. The van der Waals surface area contributed by atoms with Crippen LogP contribution in [-0.2, 0) is 14.4 Å². The highest BCUT2D eigenvalue weighted by Gasteiger charge is 2.22. The van der Waals surface area contributed by atoms with Crippen LogP contribution in [0.2, 0.25) is 0 Å². The smallest absolute Gasteiger partial charge is 0.223 e. The largest absolute Gasteiger partial charge is 0.370 e. The number of nitrogens with two attached hydrogens (primary N) is 1. The summed E-state index contributed by atoms with van der Waals surface area (Å²) in [5.41, 5.74) is 4.97. The highest BCUT2D eigenvalue weighted by atomic mass is 16.2. The van der Waals surface area contributed by atoms with Gasteiger partial charge in [-0.2, -0.15) is 0 Å². The Morgan fingerprint density at radius 2 is 1.50 bits per heavy atom. The molecule has 0 bridgehead atoms. The van der Waals surface area contributed by atoms with Crippen molar-refractivity contribution in [2.45, 2.75) is 19.8 Å². The molecule has 90 valence electrons. The number of primary amides is 1. The van der Waals surface area contributed by atoms with Crippen LogP contribution in [0.1, 0.15) is 19.8 Å². The van der Waals surface area contributed by atoms with Crippen LogP contribution in [0.3, 0.4) is 0 Å². The second-order valence-corrected chi connectivity index (χ2v) is 3.85. The van der Waals surface area contributed by atoms with Crippen molar-refractivity contribution in [2.75, 3.05) is 26.2 Å². The van der Waals surface area contributed by atoms with E-state index >= 15 is 0 Å². The van der Waals surface area contributed by atoms with Gasteiger partial charge in [0.25, 0.3) is 0 Å². The van der Waals surface area contributed by atoms with E-state index in [1.165, 1.54) is 6.92 Å². The lowest BCUT2D eigenvalue weighted by atomic mass is 10.2. The topological polar surface area (TPSA) is 83.7 Å². The Morgan fingerprint density at radius 1 is 1.00 bits per heavy atom. The first kappa shape index (κ1) is 12.5. The molecule has 0 aromatic heterocycles. The van der Waals surface area contributed by atoms with E-state index in [1.807, 2.05) is 0 Å². The first-order valence-corrected chi connectivity index (χ1v) is 5.32. The highest BCUT2D eigenvalue weighted by molar-refractivity contribution is 5.83. The molecule has 0 spiro atoms. The van der Waals surface area contributed by atoms with Crippen LogP contribution < -0.4 is 5.73 Å². The Labute approximate surface area is 94.4 Å². The van der Waals surface area contributed by atoms with Crippen LogP contribution in [0.5, 0.6) is 0 Å². The second-order valence-electron chi connectivity index (χ2n) is 3.85. The lowest BCUT2D eigenvalue weighted by molar-refractivity contribution is -0.139. The van der Waals surface area contributed by atoms with Crippen LogP contribution in [-0.4, -0.2) is 53.7 Å². The van der Waals surface area contributed by atoms with Crippen LogP contribution in [0.4, 0.5) is 0 Å². The Kier molecular flexibility index (Phi) is 4.28. The summed E-state index contributed by atoms with van der Waals surface area (Å²) in [4.78, 5) is 36.5. The van der Waals surface area contributed by atoms with Gasteiger partial charge in [-0.15, -0.1) is 0 Å². The first-order chi connectivity index (χ1) is 7.50. The summed E-state index contributed by atoms with van der Waals surface area (Å²) in [7, 11) is 0. The van der Waals surface area contributed by atoms with Gasteiger partial charge in [0.1, 0.15) is 0 Å². The molecule has 6 heteroatoms. The summed E-state index contributed by atoms with van der Waals surface area (Å²) in [6.45, 7) is 3.73. The molecule has 1 saturated heterocycles. The third kappa shape index (κ3) is 3.52. The van der Waals surface area contributed by atoms with E-state index in [0.717, 1.165) is 0 Å². The SMILES string of the molecule is CC(=O)N1CCN(C(=O)CCC(N)=O)CC1. The summed E-state index contributed by atoms with van der Waals surface area (Å²) < 4.78 is 0. The van der Waals surface area contributed by atoms with Gasteiger partial charge in [-0.3, -0.25) is 14.4 Å². The molecule has 16 heavy (non-hydrogen) atoms. The van der Waals surface area contributed by atoms with Gasteiger partial charge in [-0.1, -0.05) is 0 Å². The van der Waals surface area contributed by atoms with Crippen molar-refractivity contribution >= 4 is 17.7 Å². The Morgan fingerprint density at radius 3 is 1.94 bits per heavy atom. The minimum atomic E-state index is -0.462. The van der Waals surface area contributed by atoms with Crippen molar-refractivity contribution in [3.8, 4) is 0 Å². The van der Waals surface area contributed by atoms with E-state index in [0.29, 0.717) is 26.2 Å². The van der Waals surface area contributed by atoms with Gasteiger partial charge in [0, 0.05) is 45.9 Å². The standard InChI is InChI=1S/C10H17N3O3/c1-8(14)12-4-6-13(7-5-12)10(16)3-2-9(11)15/h2-7H2,1H3,(H2,11,15). The maximum Gasteiger partial charge on any atom is 0.223 e. The van der Waals surface area contributed by atoms with E-state index in [2.05, 4.69) is 0 Å². The molecule has 1 aliphatic heterocycles. The van der Waals surface area contributed by atoms with E-state index in [-0.39, 0.29) is 24.7 Å². The summed E-state index contributed by atoms with van der Waals surface area (Å²) in [5, 5.41) is 0. The van der Waals surface area contributed by atoms with E-state index in [9.17, 15) is 14.4 Å². The number of amides is 3. The van der Waals surface area contributed by atoms with Crippen molar-refractivity contribution in [3.63, 3.8) is 0 Å². The van der Waals surface area contributed by atoms with Crippen LogP contribution in [0.25, 0.3) is 0 Å². The lowest BCUT2D eigenvalue weighted by Crippen LogP contribution is -2.50. The van der Waals surface area contributed by atoms with Crippen molar-refractivity contribution in [2.24, 2.45) is 5.73 Å². The van der Waals surface area contributed by atoms with Crippen molar-refractivity contribution < 1.29 is 14.4 Å². The number of rotatable bonds is 3. The maximum atomic E-state index is 11.6. The van der Waals surface area contributed by atoms with Gasteiger partial charge in [0.2, 0.25) is 17.7 Å². The van der Waals surface area contributed by atoms with Gasteiger partial charge in [-0.25, -0.2) is 0 Å². The van der Waals surface area contributed by atoms with Gasteiger partial charge in [0.05, 0.1) is 0 Å². The third-order valence-electron chi connectivity index (χ3n) is 2.66. The minimum Gasteiger partial charge on any atom is -0.370 e. The number of carbonyl (C=O) groups is 3. The second kappa shape index (κ2) is 5.48. The number of hydrogen-bond donors (Lipinski definition) is 1. The van der Waals surface area contributed by atoms with Crippen LogP contribution >= 0.6 is 0 Å². The fourth-order valence-electron chi connectivity index (χ4n) is 1.66. The van der Waals surface area contributed by atoms with Gasteiger partial charge < -0.3 is 15.5 Å². The molecule has 0 radical (unpaired) electrons. The van der Waals surface area contributed by atoms with Gasteiger partial charge >= 0.3 is 0 Å². The summed E-state index contributed by atoms with van der Waals surface area (Å²) in [5.74, 6) is -0.498. The maximum absolute atomic E-state index is 11.6. The van der Waals surface area contributed by atoms with Crippen LogP contribution in [0.15, 0.2) is 0 Å². The van der Waals surface area contributed by atoms with Crippen LogP contribution in [0, 0.1) is 0 Å². The van der Waals surface area contributed by atoms with Crippen molar-refractivity contribution in [1.82, 2.24) is 9.80 Å².